The minimum atomic E-state index is -1.24. The van der Waals surface area contributed by atoms with Crippen LogP contribution < -0.4 is 0 Å². The van der Waals surface area contributed by atoms with Crippen molar-refractivity contribution in [1.82, 2.24) is 0 Å². The van der Waals surface area contributed by atoms with Crippen molar-refractivity contribution >= 4 is 31.1 Å². The Bertz CT molecular complexity index is 2010. The number of rotatable bonds is 5. The zero-order chi connectivity index (χ0) is 24.7. The number of fused-ring (bicyclic) bond motifs is 4. The highest BCUT2D eigenvalue weighted by molar-refractivity contribution is 6.04. The van der Waals surface area contributed by atoms with Crippen LogP contribution in [0.25, 0.3) is 0 Å². The lowest BCUT2D eigenvalue weighted by atomic mass is 9.89. The summed E-state index contributed by atoms with van der Waals surface area (Å²) < 4.78 is 0. The van der Waals surface area contributed by atoms with Gasteiger partial charge < -0.3 is 5.11 Å². The van der Waals surface area contributed by atoms with Gasteiger partial charge in [-0.25, -0.2) is 4.79 Å². The maximum Gasteiger partial charge on any atom is 0.336 e. The molecule has 0 spiro atoms. The van der Waals surface area contributed by atoms with Gasteiger partial charge >= 0.3 is 5.97 Å². The fourth-order valence-corrected chi connectivity index (χ4v) is 4.98. The van der Waals surface area contributed by atoms with Crippen LogP contribution in [0.1, 0.15) is 51.8 Å². The van der Waals surface area contributed by atoms with E-state index in [1.807, 2.05) is 36.4 Å². The third-order valence-electron chi connectivity index (χ3n) is 6.38. The van der Waals surface area contributed by atoms with Gasteiger partial charge in [-0.2, -0.15) is 0 Å². The molecule has 0 aliphatic heterocycles. The highest BCUT2D eigenvalue weighted by Gasteiger charge is 2.20. The monoisotopic (exact) mass is 460 g/mol. The van der Waals surface area contributed by atoms with Crippen molar-refractivity contribution in [2.75, 3.05) is 0 Å². The zero-order valence-electron chi connectivity index (χ0n) is 18.1. The second-order valence-corrected chi connectivity index (χ2v) is 8.00. The van der Waals surface area contributed by atoms with Gasteiger partial charge in [0.05, 0.1) is 5.56 Å². The van der Waals surface area contributed by atoms with Crippen LogP contribution in [-0.4, -0.2) is 36.2 Å². The first-order chi connectivity index (χ1) is 17.1. The molecule has 0 unspecified atom stereocenters. The van der Waals surface area contributed by atoms with Crippen molar-refractivity contribution in [3.8, 4) is 0 Å². The van der Waals surface area contributed by atoms with E-state index in [0.29, 0.717) is 35.6 Å². The molecule has 4 aromatic carbocycles. The van der Waals surface area contributed by atoms with E-state index >= 15 is 0 Å². The first-order valence-electron chi connectivity index (χ1n) is 10.7. The van der Waals surface area contributed by atoms with E-state index < -0.39 is 5.97 Å². The highest BCUT2D eigenvalue weighted by Crippen LogP contribution is 2.24. The molecule has 0 saturated heterocycles. The predicted molar refractivity (Wildman–Crippen MR) is 125 cm³/mol. The fraction of sp³-hybridized carbons (Fsp3) is 0. The van der Waals surface area contributed by atoms with Crippen molar-refractivity contribution in [2.24, 2.45) is 0 Å². The molecule has 0 aromatic heterocycles. The normalized spacial score (nSPS) is 15.1. The van der Waals surface area contributed by atoms with E-state index in [4.69, 9.17) is 0 Å². The third-order valence-corrected chi connectivity index (χ3v) is 6.38. The Morgan fingerprint density at radius 1 is 0.486 bits per heavy atom. The molecule has 0 bridgehead atoms. The van der Waals surface area contributed by atoms with E-state index in [2.05, 4.69) is 0 Å². The average molecular weight is 460 g/mol. The van der Waals surface area contributed by atoms with Gasteiger partial charge in [-0.3, -0.25) is 19.2 Å². The van der Waals surface area contributed by atoms with Crippen molar-refractivity contribution in [3.05, 3.63) is 136 Å². The minimum Gasteiger partial charge on any atom is -0.478 e. The number of carboxylic acids is 1. The Morgan fingerprint density at radius 3 is 1.43 bits per heavy atom. The summed E-state index contributed by atoms with van der Waals surface area (Å²) in [6.45, 7) is 0. The summed E-state index contributed by atoms with van der Waals surface area (Å²) in [4.78, 5) is 61.5. The summed E-state index contributed by atoms with van der Waals surface area (Å²) in [6.07, 6.45) is 1.63. The number of hydrogen-bond donors (Lipinski definition) is 1. The van der Waals surface area contributed by atoms with Crippen LogP contribution >= 0.6 is 0 Å². The molecule has 1 N–H and O–H groups in total. The van der Waals surface area contributed by atoms with Gasteiger partial charge in [-0.1, -0.05) is 60.7 Å². The first-order valence-corrected chi connectivity index (χ1v) is 10.7. The molecule has 4 aromatic rings. The SMILES string of the molecule is O=Cc1c(C=O)c(C=O)c2/c(c1C=O)=c1/cccc/c1=c1\cccc\c1=c1/cccc(C(=O)O)/c1=2. The van der Waals surface area contributed by atoms with Crippen molar-refractivity contribution in [1.29, 1.82) is 0 Å². The number of aromatic carboxylic acids is 1. The number of carboxylic acid groups (broad SMARTS) is 1. The van der Waals surface area contributed by atoms with Gasteiger partial charge in [0.1, 0.15) is 0 Å². The lowest BCUT2D eigenvalue weighted by molar-refractivity contribution is 0.0695. The molecule has 0 saturated carbocycles. The topological polar surface area (TPSA) is 106 Å². The zero-order valence-corrected chi connectivity index (χ0v) is 18.1. The quantitative estimate of drug-likeness (QED) is 0.396. The summed E-state index contributed by atoms with van der Waals surface area (Å²) in [5.74, 6) is -1.24. The Balaban J connectivity index is 2.56. The molecule has 0 atom stereocenters. The van der Waals surface area contributed by atoms with Crippen LogP contribution in [0.5, 0.6) is 0 Å². The molecule has 1 aliphatic rings. The molecule has 0 amide bonds. The van der Waals surface area contributed by atoms with Gasteiger partial charge in [0, 0.05) is 37.9 Å². The van der Waals surface area contributed by atoms with Gasteiger partial charge in [-0.15, -0.1) is 0 Å². The fourth-order valence-electron chi connectivity index (χ4n) is 4.98. The van der Waals surface area contributed by atoms with Crippen molar-refractivity contribution in [3.63, 3.8) is 0 Å². The van der Waals surface area contributed by atoms with Crippen molar-refractivity contribution < 1.29 is 29.1 Å². The Morgan fingerprint density at radius 2 is 0.914 bits per heavy atom. The average Bonchev–Trinajstić information content (AvgIpc) is 2.90. The van der Waals surface area contributed by atoms with Crippen LogP contribution in [0.2, 0.25) is 0 Å². The van der Waals surface area contributed by atoms with E-state index in [0.717, 1.165) is 15.7 Å². The van der Waals surface area contributed by atoms with Crippen LogP contribution in [0, 0.1) is 41.7 Å². The standard InChI is InChI=1S/C29H16O6/c30-12-22-23(13-31)25(15-33)28-26-20(10-5-11-21(26)29(34)35)18-7-2-1-6-16(18)17-8-3-4-9-19(17)27(28)24(22)14-32/h1-15H,(H,34,35)/b17-16-,20-18-,27-19-,28-26+. The summed E-state index contributed by atoms with van der Waals surface area (Å²) in [5.41, 5.74) is -0.803. The van der Waals surface area contributed by atoms with Gasteiger partial charge in [0.2, 0.25) is 0 Å². The van der Waals surface area contributed by atoms with Gasteiger partial charge in [0.25, 0.3) is 0 Å². The minimum absolute atomic E-state index is 0.0827. The summed E-state index contributed by atoms with van der Waals surface area (Å²) in [5, 5.41) is 14.0. The number of benzene rings is 4. The number of aldehydes is 4. The Hall–Kier alpha value is -4.97. The van der Waals surface area contributed by atoms with Crippen molar-refractivity contribution in [2.45, 2.75) is 0 Å². The smallest absolute Gasteiger partial charge is 0.336 e. The summed E-state index contributed by atoms with van der Waals surface area (Å²) >= 11 is 0. The molecule has 35 heavy (non-hydrogen) atoms. The van der Waals surface area contributed by atoms with Crippen LogP contribution in [0.4, 0.5) is 0 Å². The highest BCUT2D eigenvalue weighted by atomic mass is 16.4. The van der Waals surface area contributed by atoms with E-state index in [1.54, 1.807) is 24.3 Å². The summed E-state index contributed by atoms with van der Waals surface area (Å²) in [7, 11) is 0. The van der Waals surface area contributed by atoms with Gasteiger partial charge in [0.15, 0.2) is 25.1 Å². The van der Waals surface area contributed by atoms with E-state index in [1.165, 1.54) is 6.07 Å². The molecule has 5 rings (SSSR count). The van der Waals surface area contributed by atoms with Gasteiger partial charge in [-0.05, 0) is 32.2 Å². The van der Waals surface area contributed by atoms with E-state index in [-0.39, 0.29) is 43.5 Å². The maximum absolute atomic E-state index is 12.5. The number of hydrogen-bond acceptors (Lipinski definition) is 5. The predicted octanol–water partition coefficient (Wildman–Crippen LogP) is 4.10. The lowest BCUT2D eigenvalue weighted by Gasteiger charge is -2.12. The molecule has 0 fully saturated rings. The Labute approximate surface area is 196 Å². The first kappa shape index (κ1) is 21.9. The maximum atomic E-state index is 12.5. The molecular formula is C29H16O6. The third kappa shape index (κ3) is 3.08. The molecule has 1 aliphatic carbocycles. The van der Waals surface area contributed by atoms with Crippen LogP contribution in [-0.2, 0) is 0 Å². The molecule has 6 nitrogen and oxygen atoms in total. The molecule has 168 valence electrons. The molecule has 6 heteroatoms. The molecule has 0 heterocycles. The largest absolute Gasteiger partial charge is 0.478 e. The second kappa shape index (κ2) is 8.43. The lowest BCUT2D eigenvalue weighted by Crippen LogP contribution is -2.09. The summed E-state index contributed by atoms with van der Waals surface area (Å²) in [6, 6.07) is 19.3. The van der Waals surface area contributed by atoms with Crippen LogP contribution in [0.15, 0.2) is 66.7 Å². The Kier molecular flexibility index (Phi) is 5.26. The molecule has 0 radical (unpaired) electrons. The number of carbonyl (C=O) groups is 5. The number of carbonyl (C=O) groups excluding carboxylic acids is 4. The van der Waals surface area contributed by atoms with Crippen LogP contribution in [0.3, 0.4) is 0 Å². The second-order valence-electron chi connectivity index (χ2n) is 8.00. The van der Waals surface area contributed by atoms with E-state index in [9.17, 15) is 29.1 Å². The molecular weight excluding hydrogens is 444 g/mol.